The fraction of sp³-hybridized carbons (Fsp3) is 0.257. The Balaban J connectivity index is 0.000000223. The number of anilines is 3. The summed E-state index contributed by atoms with van der Waals surface area (Å²) < 4.78 is 1.41. The van der Waals surface area contributed by atoms with Crippen LogP contribution in [0.3, 0.4) is 0 Å². The summed E-state index contributed by atoms with van der Waals surface area (Å²) in [7, 11) is 1.77. The molecule has 1 amide bonds. The molecule has 2 heterocycles. The lowest BCUT2D eigenvalue weighted by Crippen LogP contribution is -2.16. The Morgan fingerprint density at radius 3 is 2.17 bits per heavy atom. The number of phenols is 2. The highest BCUT2D eigenvalue weighted by Crippen LogP contribution is 2.40. The minimum Gasteiger partial charge on any atom is -0.506 e. The Morgan fingerprint density at radius 2 is 1.60 bits per heavy atom. The number of aromatic nitrogens is 5. The summed E-state index contributed by atoms with van der Waals surface area (Å²) in [6, 6.07) is 10.1. The Hall–Kier alpha value is -4.64. The molecule has 0 saturated heterocycles. The van der Waals surface area contributed by atoms with Crippen LogP contribution in [-0.4, -0.2) is 52.0 Å². The van der Waals surface area contributed by atoms with Crippen LogP contribution in [0.15, 0.2) is 51.5 Å². The first-order valence-electron chi connectivity index (χ1n) is 15.8. The molecule has 278 valence electrons. The van der Waals surface area contributed by atoms with Gasteiger partial charge < -0.3 is 20.8 Å². The van der Waals surface area contributed by atoms with Crippen LogP contribution in [0.5, 0.6) is 11.5 Å². The maximum atomic E-state index is 12.1. The quantitative estimate of drug-likeness (QED) is 0.0690. The maximum absolute atomic E-state index is 12.1. The normalized spacial score (nSPS) is 11.8. The van der Waals surface area contributed by atoms with Crippen molar-refractivity contribution >= 4 is 89.6 Å². The number of rotatable bonds is 7. The number of nitrogens with one attached hydrogen (secondary N) is 2. The molecule has 1 aliphatic rings. The maximum Gasteiger partial charge on any atom is 0.313 e. The van der Waals surface area contributed by atoms with E-state index in [9.17, 15) is 24.8 Å². The van der Waals surface area contributed by atoms with E-state index >= 15 is 0 Å². The van der Waals surface area contributed by atoms with Crippen molar-refractivity contribution in [2.75, 3.05) is 10.6 Å². The fourth-order valence-electron chi connectivity index (χ4n) is 4.84. The van der Waals surface area contributed by atoms with E-state index in [0.29, 0.717) is 26.6 Å². The first kappa shape index (κ1) is 41.1. The molecular weight excluding hydrogens is 859 g/mol. The Morgan fingerprint density at radius 1 is 0.943 bits per heavy atom. The van der Waals surface area contributed by atoms with Crippen molar-refractivity contribution in [2.45, 2.75) is 47.5 Å². The summed E-state index contributed by atoms with van der Waals surface area (Å²) in [5.74, 6) is -0.288. The van der Waals surface area contributed by atoms with E-state index in [-0.39, 0.29) is 34.1 Å². The zero-order valence-corrected chi connectivity index (χ0v) is 33.9. The molecule has 2 aromatic heterocycles. The van der Waals surface area contributed by atoms with Crippen molar-refractivity contribution in [2.24, 2.45) is 13.0 Å². The van der Waals surface area contributed by atoms with Crippen LogP contribution in [0.2, 0.25) is 10.0 Å². The van der Waals surface area contributed by atoms with Crippen molar-refractivity contribution in [1.29, 1.82) is 0 Å². The number of benzene rings is 3. The van der Waals surface area contributed by atoms with Crippen LogP contribution in [0.1, 0.15) is 52.5 Å². The SMILES string of the molecule is CC(=O)c1nnc(NC(=O)C2CC2)cc1Nc1ccc(C)c(-c2cnn(C)n2)c1C.Cc1c(Br)cc([N+](=O)[O-])c(O)c1Cl.Cc1c(Br)ccc(O)c1Cl. The van der Waals surface area contributed by atoms with Gasteiger partial charge in [-0.05, 0) is 81.0 Å². The average Bonchev–Trinajstić information content (AvgIpc) is 3.88. The van der Waals surface area contributed by atoms with Crippen molar-refractivity contribution in [3.8, 4) is 22.8 Å². The second-order valence-corrected chi connectivity index (χ2v) is 14.5. The number of nitro benzene ring substituents is 1. The van der Waals surface area contributed by atoms with E-state index < -0.39 is 16.4 Å². The Bertz CT molecular complexity index is 2200. The lowest BCUT2D eigenvalue weighted by atomic mass is 9.98. The third-order valence-electron chi connectivity index (χ3n) is 8.02. The molecule has 0 unspecified atom stereocenters. The number of hydrogen-bond donors (Lipinski definition) is 4. The van der Waals surface area contributed by atoms with Gasteiger partial charge >= 0.3 is 5.69 Å². The first-order valence-corrected chi connectivity index (χ1v) is 18.1. The van der Waals surface area contributed by atoms with Crippen LogP contribution in [0.25, 0.3) is 11.3 Å². The van der Waals surface area contributed by atoms with Gasteiger partial charge in [-0.15, -0.1) is 10.2 Å². The van der Waals surface area contributed by atoms with Crippen LogP contribution in [0, 0.1) is 43.7 Å². The van der Waals surface area contributed by atoms with E-state index in [1.165, 1.54) is 17.8 Å². The van der Waals surface area contributed by atoms with E-state index in [1.807, 2.05) is 32.9 Å². The number of nitrogens with zero attached hydrogens (tertiary/aromatic N) is 6. The van der Waals surface area contributed by atoms with Crippen LogP contribution in [-0.2, 0) is 11.8 Å². The number of halogens is 4. The zero-order valence-electron chi connectivity index (χ0n) is 29.3. The van der Waals surface area contributed by atoms with Gasteiger partial charge in [-0.3, -0.25) is 19.7 Å². The molecule has 14 nitrogen and oxygen atoms in total. The van der Waals surface area contributed by atoms with Gasteiger partial charge in [0.1, 0.15) is 11.4 Å². The van der Waals surface area contributed by atoms with Crippen molar-refractivity contribution in [3.05, 3.63) is 99.6 Å². The molecule has 4 N–H and O–H groups in total. The highest BCUT2D eigenvalue weighted by Gasteiger charge is 2.30. The van der Waals surface area contributed by atoms with Gasteiger partial charge in [-0.2, -0.15) is 15.0 Å². The summed E-state index contributed by atoms with van der Waals surface area (Å²) in [5.41, 5.74) is 6.31. The molecule has 0 aliphatic heterocycles. The topological polar surface area (TPSA) is 198 Å². The molecule has 5 aromatic rings. The number of amides is 1. The van der Waals surface area contributed by atoms with Gasteiger partial charge in [0.2, 0.25) is 11.7 Å². The average molecular weight is 893 g/mol. The lowest BCUT2D eigenvalue weighted by molar-refractivity contribution is -0.385. The molecule has 0 atom stereocenters. The lowest BCUT2D eigenvalue weighted by Gasteiger charge is -2.16. The van der Waals surface area contributed by atoms with Crippen molar-refractivity contribution < 1.29 is 24.7 Å². The predicted molar refractivity (Wildman–Crippen MR) is 210 cm³/mol. The monoisotopic (exact) mass is 890 g/mol. The number of carbonyl (C=O) groups is 2. The standard InChI is InChI=1S/C21H23N7O2.C7H5BrClNO3.C7H6BrClO/c1-11-5-8-15(12(2)19(11)17-10-22-28(4)27-17)23-16-9-18(24-21(30)14-6-7-14)25-26-20(16)13(3)29;1-3-4(8)2-5(10(12)13)7(11)6(3)9;1-4-5(8)2-3-6(10)7(4)9/h5,8-10,14H,6-7H2,1-4H3,(H2,23,24,25,30);2,11H,1H3;2-3,10H,1H3. The second kappa shape index (κ2) is 17.5. The second-order valence-electron chi connectivity index (χ2n) is 12.0. The molecule has 6 rings (SSSR count). The Labute approximate surface area is 331 Å². The number of phenolic OH excluding ortho intramolecular Hbond substituents is 2. The third kappa shape index (κ3) is 10.1. The number of carbonyl (C=O) groups excluding carboxylic acids is 2. The molecular formula is C35H34Br2Cl2N8O6. The highest BCUT2D eigenvalue weighted by atomic mass is 79.9. The van der Waals surface area contributed by atoms with Crippen LogP contribution >= 0.6 is 55.1 Å². The molecule has 0 spiro atoms. The van der Waals surface area contributed by atoms with E-state index in [2.05, 4.69) is 62.9 Å². The van der Waals surface area contributed by atoms with Gasteiger partial charge in [0.05, 0.1) is 26.9 Å². The summed E-state index contributed by atoms with van der Waals surface area (Å²) >= 11 is 17.7. The molecule has 1 fully saturated rings. The summed E-state index contributed by atoms with van der Waals surface area (Å²) in [4.78, 5) is 35.4. The molecule has 1 aliphatic carbocycles. The first-order chi connectivity index (χ1) is 24.9. The minimum atomic E-state index is -0.689. The number of Topliss-reactive ketones (excluding diaryl/α,β-unsaturated/α-hetero) is 1. The summed E-state index contributed by atoms with van der Waals surface area (Å²) in [6.45, 7) is 8.92. The van der Waals surface area contributed by atoms with Gasteiger partial charge in [-0.25, -0.2) is 0 Å². The molecule has 3 aromatic carbocycles. The van der Waals surface area contributed by atoms with Gasteiger partial charge in [0, 0.05) is 52.2 Å². The van der Waals surface area contributed by atoms with Crippen molar-refractivity contribution in [1.82, 2.24) is 25.2 Å². The van der Waals surface area contributed by atoms with Gasteiger partial charge in [-0.1, -0.05) is 61.1 Å². The number of aromatic hydroxyl groups is 2. The minimum absolute atomic E-state index is 0.000995. The van der Waals surface area contributed by atoms with E-state index in [0.717, 1.165) is 50.9 Å². The number of ketones is 1. The molecule has 18 heteroatoms. The smallest absolute Gasteiger partial charge is 0.313 e. The third-order valence-corrected chi connectivity index (χ3v) is 10.6. The number of aryl methyl sites for hydroxylation is 2. The van der Waals surface area contributed by atoms with Gasteiger partial charge in [0.25, 0.3) is 0 Å². The van der Waals surface area contributed by atoms with Crippen molar-refractivity contribution in [3.63, 3.8) is 0 Å². The Kier molecular flexibility index (Phi) is 13.5. The molecule has 0 bridgehead atoms. The molecule has 1 saturated carbocycles. The zero-order chi connectivity index (χ0) is 39.3. The van der Waals surface area contributed by atoms with E-state index in [4.69, 9.17) is 28.3 Å². The van der Waals surface area contributed by atoms with E-state index in [1.54, 1.807) is 38.4 Å². The predicted octanol–water partition coefficient (Wildman–Crippen LogP) is 9.32. The molecule has 53 heavy (non-hydrogen) atoms. The van der Waals surface area contributed by atoms with Gasteiger partial charge in [0.15, 0.2) is 17.3 Å². The summed E-state index contributed by atoms with van der Waals surface area (Å²) in [6.07, 6.45) is 3.51. The number of hydrogen-bond acceptors (Lipinski definition) is 11. The molecule has 0 radical (unpaired) electrons. The highest BCUT2D eigenvalue weighted by molar-refractivity contribution is 9.10. The fourth-order valence-corrected chi connectivity index (χ4v) is 6.18. The van der Waals surface area contributed by atoms with Crippen LogP contribution < -0.4 is 10.6 Å². The van der Waals surface area contributed by atoms with Crippen LogP contribution in [0.4, 0.5) is 22.9 Å². The summed E-state index contributed by atoms with van der Waals surface area (Å²) in [5, 5.41) is 51.9. The largest absolute Gasteiger partial charge is 0.506 e. The number of nitro groups is 1.